The van der Waals surface area contributed by atoms with E-state index in [1.807, 2.05) is 43.3 Å². The molecule has 3 N–H and O–H groups in total. The number of β-amino-alcohol motifs (C(OH)–C–C–N with tert-alkyl or cyclic N) is 1. The molecule has 0 aliphatic rings. The molecule has 0 fully saturated rings. The van der Waals surface area contributed by atoms with Gasteiger partial charge in [0.2, 0.25) is 10.0 Å². The summed E-state index contributed by atoms with van der Waals surface area (Å²) < 4.78 is 27.7. The summed E-state index contributed by atoms with van der Waals surface area (Å²) in [6, 6.07) is 20.6. The molecule has 0 aromatic heterocycles. The van der Waals surface area contributed by atoms with Crippen molar-refractivity contribution in [1.82, 2.24) is 9.62 Å². The SMILES string of the molecule is Cc1ccc(CCC(=O)O)cc1-c1ccc(S(=O)(=O)N(C)C[C@H](O)CNC(C)(C)CCCc2ccccc2)cc1Cl. The predicted octanol–water partition coefficient (Wildman–Crippen LogP) is 5.71. The summed E-state index contributed by atoms with van der Waals surface area (Å²) in [4.78, 5) is 11.0. The highest BCUT2D eigenvalue weighted by Gasteiger charge is 2.25. The van der Waals surface area contributed by atoms with Crippen LogP contribution in [0.25, 0.3) is 11.1 Å². The Labute approximate surface area is 249 Å². The van der Waals surface area contributed by atoms with E-state index in [0.717, 1.165) is 40.3 Å². The Morgan fingerprint density at radius 3 is 2.37 bits per heavy atom. The van der Waals surface area contributed by atoms with E-state index < -0.39 is 22.1 Å². The first-order valence-corrected chi connectivity index (χ1v) is 15.6. The molecule has 0 unspecified atom stereocenters. The number of likely N-dealkylation sites (N-methyl/N-ethyl adjacent to an activating group) is 1. The minimum Gasteiger partial charge on any atom is -0.481 e. The maximum atomic E-state index is 13.3. The van der Waals surface area contributed by atoms with E-state index in [-0.39, 0.29) is 35.0 Å². The van der Waals surface area contributed by atoms with Crippen LogP contribution in [0.2, 0.25) is 5.02 Å². The van der Waals surface area contributed by atoms with E-state index in [9.17, 15) is 18.3 Å². The molecule has 7 nitrogen and oxygen atoms in total. The first kappa shape index (κ1) is 32.8. The highest BCUT2D eigenvalue weighted by atomic mass is 35.5. The molecule has 41 heavy (non-hydrogen) atoms. The number of aliphatic hydroxyl groups is 1. The van der Waals surface area contributed by atoms with Gasteiger partial charge in [-0.3, -0.25) is 4.79 Å². The number of nitrogens with zero attached hydrogens (tertiary/aromatic N) is 1. The third kappa shape index (κ3) is 9.65. The van der Waals surface area contributed by atoms with Crippen LogP contribution in [0.1, 0.15) is 49.8 Å². The van der Waals surface area contributed by atoms with Crippen molar-refractivity contribution in [1.29, 1.82) is 0 Å². The van der Waals surface area contributed by atoms with E-state index in [4.69, 9.17) is 16.7 Å². The standard InChI is InChI=1S/C32H41ClN2O5S/c1-23-12-13-25(14-17-31(37)38)19-29(23)28-16-15-27(20-30(28)33)41(39,40)35(4)22-26(36)21-34-32(2,3)18-8-11-24-9-6-5-7-10-24/h5-7,9-10,12-13,15-16,19-20,26,34,36H,8,11,14,17-18,21-22H2,1-4H3,(H,37,38)/t26-/m1/s1. The van der Waals surface area contributed by atoms with Crippen LogP contribution in [0.5, 0.6) is 0 Å². The Balaban J connectivity index is 1.60. The molecule has 3 aromatic carbocycles. The summed E-state index contributed by atoms with van der Waals surface area (Å²) in [5.74, 6) is -0.868. The first-order chi connectivity index (χ1) is 19.3. The number of sulfonamides is 1. The molecule has 0 bridgehead atoms. The summed E-state index contributed by atoms with van der Waals surface area (Å²) in [6.45, 7) is 6.27. The van der Waals surface area contributed by atoms with Crippen LogP contribution < -0.4 is 5.32 Å². The van der Waals surface area contributed by atoms with Gasteiger partial charge in [-0.05, 0) is 80.8 Å². The number of hydrogen-bond donors (Lipinski definition) is 3. The van der Waals surface area contributed by atoms with Gasteiger partial charge < -0.3 is 15.5 Å². The van der Waals surface area contributed by atoms with Crippen molar-refractivity contribution in [2.75, 3.05) is 20.1 Å². The van der Waals surface area contributed by atoms with Gasteiger partial charge in [-0.25, -0.2) is 8.42 Å². The van der Waals surface area contributed by atoms with E-state index in [1.165, 1.54) is 24.7 Å². The third-order valence-corrected chi connectivity index (χ3v) is 9.39. The van der Waals surface area contributed by atoms with Gasteiger partial charge in [-0.1, -0.05) is 66.2 Å². The normalized spacial score (nSPS) is 13.0. The number of carbonyl (C=O) groups is 1. The largest absolute Gasteiger partial charge is 0.481 e. The minimum atomic E-state index is -3.89. The number of carboxylic acids is 1. The number of carboxylic acid groups (broad SMARTS) is 1. The monoisotopic (exact) mass is 600 g/mol. The van der Waals surface area contributed by atoms with Gasteiger partial charge in [0, 0.05) is 42.7 Å². The molecule has 3 rings (SSSR count). The van der Waals surface area contributed by atoms with E-state index in [0.29, 0.717) is 12.0 Å². The second kappa shape index (κ2) is 14.4. The van der Waals surface area contributed by atoms with Crippen LogP contribution in [0.3, 0.4) is 0 Å². The van der Waals surface area contributed by atoms with Crippen LogP contribution in [0, 0.1) is 6.92 Å². The number of aryl methyl sites for hydroxylation is 3. The summed E-state index contributed by atoms with van der Waals surface area (Å²) in [5, 5.41) is 23.3. The maximum Gasteiger partial charge on any atom is 0.303 e. The van der Waals surface area contributed by atoms with Crippen molar-refractivity contribution >= 4 is 27.6 Å². The Kier molecular flexibility index (Phi) is 11.5. The van der Waals surface area contributed by atoms with E-state index in [1.54, 1.807) is 6.07 Å². The molecule has 9 heteroatoms. The number of benzene rings is 3. The molecule has 0 saturated carbocycles. The van der Waals surface area contributed by atoms with E-state index >= 15 is 0 Å². The van der Waals surface area contributed by atoms with Crippen molar-refractivity contribution in [2.45, 2.75) is 69.4 Å². The topological polar surface area (TPSA) is 107 Å². The second-order valence-electron chi connectivity index (χ2n) is 11.2. The summed E-state index contributed by atoms with van der Waals surface area (Å²) in [5.41, 5.74) is 4.38. The summed E-state index contributed by atoms with van der Waals surface area (Å²) >= 11 is 6.58. The minimum absolute atomic E-state index is 0.0207. The van der Waals surface area contributed by atoms with Gasteiger partial charge in [-0.2, -0.15) is 4.31 Å². The molecule has 0 aliphatic heterocycles. The first-order valence-electron chi connectivity index (χ1n) is 13.8. The molecule has 0 saturated heterocycles. The molecule has 0 spiro atoms. The van der Waals surface area contributed by atoms with Gasteiger partial charge in [0.25, 0.3) is 0 Å². The van der Waals surface area contributed by atoms with Crippen molar-refractivity contribution in [3.8, 4) is 11.1 Å². The fourth-order valence-electron chi connectivity index (χ4n) is 4.74. The third-order valence-electron chi connectivity index (χ3n) is 7.26. The predicted molar refractivity (Wildman–Crippen MR) is 165 cm³/mol. The lowest BCUT2D eigenvalue weighted by Crippen LogP contribution is -2.46. The maximum absolute atomic E-state index is 13.3. The average Bonchev–Trinajstić information content (AvgIpc) is 2.92. The van der Waals surface area contributed by atoms with E-state index in [2.05, 4.69) is 31.3 Å². The van der Waals surface area contributed by atoms with Crippen LogP contribution in [0.15, 0.2) is 71.6 Å². The van der Waals surface area contributed by atoms with Gasteiger partial charge in [-0.15, -0.1) is 0 Å². The molecule has 1 atom stereocenters. The number of aliphatic hydroxyl groups excluding tert-OH is 1. The number of nitrogens with one attached hydrogen (secondary N) is 1. The van der Waals surface area contributed by atoms with Gasteiger partial charge in [0.05, 0.1) is 11.0 Å². The lowest BCUT2D eigenvalue weighted by Gasteiger charge is -2.29. The highest BCUT2D eigenvalue weighted by molar-refractivity contribution is 7.89. The number of hydrogen-bond acceptors (Lipinski definition) is 5. The quantitative estimate of drug-likeness (QED) is 0.206. The lowest BCUT2D eigenvalue weighted by atomic mass is 9.95. The molecule has 3 aromatic rings. The molecule has 0 heterocycles. The van der Waals surface area contributed by atoms with Crippen molar-refractivity contribution in [2.24, 2.45) is 0 Å². The number of halogens is 1. The zero-order valence-electron chi connectivity index (χ0n) is 24.2. The Hall–Kier alpha value is -2.75. The van der Waals surface area contributed by atoms with Gasteiger partial charge >= 0.3 is 5.97 Å². The van der Waals surface area contributed by atoms with Crippen molar-refractivity contribution < 1.29 is 23.4 Å². The Morgan fingerprint density at radius 2 is 1.71 bits per heavy atom. The number of aliphatic carboxylic acids is 1. The van der Waals surface area contributed by atoms with Gasteiger partial charge in [0.15, 0.2) is 0 Å². The lowest BCUT2D eigenvalue weighted by molar-refractivity contribution is -0.136. The molecule has 0 amide bonds. The molecule has 0 radical (unpaired) electrons. The van der Waals surface area contributed by atoms with Crippen molar-refractivity contribution in [3.05, 3.63) is 88.4 Å². The smallest absolute Gasteiger partial charge is 0.303 e. The van der Waals surface area contributed by atoms with Crippen LogP contribution >= 0.6 is 11.6 Å². The highest BCUT2D eigenvalue weighted by Crippen LogP contribution is 2.33. The second-order valence-corrected chi connectivity index (χ2v) is 13.7. The number of rotatable bonds is 15. The summed E-state index contributed by atoms with van der Waals surface area (Å²) in [7, 11) is -2.45. The molecular formula is C32H41ClN2O5S. The molecular weight excluding hydrogens is 560 g/mol. The Morgan fingerprint density at radius 1 is 1.00 bits per heavy atom. The molecule has 222 valence electrons. The zero-order chi connectivity index (χ0) is 30.2. The fraction of sp³-hybridized carbons (Fsp3) is 0.406. The average molecular weight is 601 g/mol. The van der Waals surface area contributed by atoms with Crippen LogP contribution in [-0.2, 0) is 27.7 Å². The molecule has 0 aliphatic carbocycles. The zero-order valence-corrected chi connectivity index (χ0v) is 25.8. The van der Waals surface area contributed by atoms with Crippen LogP contribution in [-0.4, -0.2) is 60.7 Å². The Bertz CT molecular complexity index is 1430. The van der Waals surface area contributed by atoms with Crippen molar-refractivity contribution in [3.63, 3.8) is 0 Å². The van der Waals surface area contributed by atoms with Crippen LogP contribution in [0.4, 0.5) is 0 Å². The summed E-state index contributed by atoms with van der Waals surface area (Å²) in [6.07, 6.45) is 2.40. The van der Waals surface area contributed by atoms with Gasteiger partial charge in [0.1, 0.15) is 0 Å². The fourth-order valence-corrected chi connectivity index (χ4v) is 6.32.